The minimum absolute atomic E-state index is 0.176. The molecule has 2 unspecified atom stereocenters. The van der Waals surface area contributed by atoms with Gasteiger partial charge in [-0.2, -0.15) is 0 Å². The molecule has 0 amide bonds. The van der Waals surface area contributed by atoms with Crippen molar-refractivity contribution in [3.8, 4) is 0 Å². The van der Waals surface area contributed by atoms with Crippen molar-refractivity contribution in [3.05, 3.63) is 23.3 Å². The Balaban J connectivity index is 2.55. The van der Waals surface area contributed by atoms with Crippen molar-refractivity contribution < 1.29 is 19.8 Å². The molecule has 0 saturated heterocycles. The second kappa shape index (κ2) is 3.72. The second-order valence-corrected chi connectivity index (χ2v) is 5.10. The van der Waals surface area contributed by atoms with Gasteiger partial charge in [0.25, 0.3) is 0 Å². The maximum atomic E-state index is 11.4. The molecule has 2 aliphatic rings. The number of allylic oxidation sites excluding steroid dienone is 2. The van der Waals surface area contributed by atoms with Gasteiger partial charge in [0.15, 0.2) is 0 Å². The largest absolute Gasteiger partial charge is 0.481 e. The maximum Gasteiger partial charge on any atom is 0.332 e. The van der Waals surface area contributed by atoms with Crippen molar-refractivity contribution in [1.82, 2.24) is 0 Å². The molecule has 2 N–H and O–H groups in total. The average molecular weight is 236 g/mol. The molecule has 0 aliphatic heterocycles. The number of hydrogen-bond acceptors (Lipinski definition) is 2. The summed E-state index contributed by atoms with van der Waals surface area (Å²) in [4.78, 5) is 22.7. The topological polar surface area (TPSA) is 74.6 Å². The number of aliphatic carboxylic acids is 2. The molecule has 0 radical (unpaired) electrons. The second-order valence-electron chi connectivity index (χ2n) is 5.10. The fourth-order valence-electron chi connectivity index (χ4n) is 2.98. The van der Waals surface area contributed by atoms with Gasteiger partial charge >= 0.3 is 11.9 Å². The number of carboxylic acid groups (broad SMARTS) is 2. The van der Waals surface area contributed by atoms with Crippen LogP contribution in [0.15, 0.2) is 23.3 Å². The molecule has 4 nitrogen and oxygen atoms in total. The minimum Gasteiger partial charge on any atom is -0.481 e. The lowest BCUT2D eigenvalue weighted by Crippen LogP contribution is -2.40. The third kappa shape index (κ3) is 1.68. The van der Waals surface area contributed by atoms with Crippen molar-refractivity contribution >= 4 is 11.9 Å². The first-order valence-corrected chi connectivity index (χ1v) is 5.74. The Kier molecular flexibility index (Phi) is 2.60. The highest BCUT2D eigenvalue weighted by molar-refractivity contribution is 5.92. The van der Waals surface area contributed by atoms with Crippen LogP contribution in [0.25, 0.3) is 0 Å². The monoisotopic (exact) mass is 236 g/mol. The van der Waals surface area contributed by atoms with Crippen LogP contribution in [0.3, 0.4) is 0 Å². The summed E-state index contributed by atoms with van der Waals surface area (Å²) in [6, 6.07) is 0. The van der Waals surface area contributed by atoms with E-state index in [0.717, 1.165) is 12.8 Å². The van der Waals surface area contributed by atoms with Gasteiger partial charge in [0.2, 0.25) is 0 Å². The summed E-state index contributed by atoms with van der Waals surface area (Å²) in [6.45, 7) is 3.51. The van der Waals surface area contributed by atoms with Gasteiger partial charge in [-0.1, -0.05) is 19.1 Å². The maximum absolute atomic E-state index is 11.4. The molecular formula is C13H16O4. The standard InChI is InChI=1S/C13H16O4/c1-7-3-6-9(11(14)15)13(2,8-4-5-8)10(7)12(16)17/h3,6,8-9H,4-5H2,1-2H3,(H,14,15)(H,16,17). The Hall–Kier alpha value is -1.58. The lowest BCUT2D eigenvalue weighted by atomic mass is 9.64. The summed E-state index contributed by atoms with van der Waals surface area (Å²) in [6.07, 6.45) is 5.07. The Labute approximate surface area is 99.6 Å². The third-order valence-electron chi connectivity index (χ3n) is 4.02. The summed E-state index contributed by atoms with van der Waals surface area (Å²) in [5.74, 6) is -2.49. The van der Waals surface area contributed by atoms with E-state index < -0.39 is 23.3 Å². The molecule has 2 rings (SSSR count). The van der Waals surface area contributed by atoms with Crippen molar-refractivity contribution in [2.45, 2.75) is 26.7 Å². The predicted molar refractivity (Wildman–Crippen MR) is 61.4 cm³/mol. The van der Waals surface area contributed by atoms with Gasteiger partial charge < -0.3 is 10.2 Å². The molecule has 1 fully saturated rings. The van der Waals surface area contributed by atoms with Gasteiger partial charge in [-0.15, -0.1) is 0 Å². The first-order chi connectivity index (χ1) is 7.89. The van der Waals surface area contributed by atoms with E-state index in [1.807, 2.05) is 0 Å². The number of carboxylic acids is 2. The van der Waals surface area contributed by atoms with Gasteiger partial charge in [0.1, 0.15) is 0 Å². The summed E-state index contributed by atoms with van der Waals surface area (Å²) in [7, 11) is 0. The third-order valence-corrected chi connectivity index (χ3v) is 4.02. The van der Waals surface area contributed by atoms with Gasteiger partial charge in [0.05, 0.1) is 5.92 Å². The van der Waals surface area contributed by atoms with Crippen LogP contribution in [0.2, 0.25) is 0 Å². The summed E-state index contributed by atoms with van der Waals surface area (Å²) in [5, 5.41) is 18.6. The Morgan fingerprint density at radius 3 is 2.35 bits per heavy atom. The molecule has 2 atom stereocenters. The first kappa shape index (κ1) is 11.9. The van der Waals surface area contributed by atoms with Crippen molar-refractivity contribution in [2.24, 2.45) is 17.3 Å². The normalized spacial score (nSPS) is 32.7. The van der Waals surface area contributed by atoms with E-state index in [9.17, 15) is 19.8 Å². The van der Waals surface area contributed by atoms with Crippen LogP contribution >= 0.6 is 0 Å². The minimum atomic E-state index is -0.993. The lowest BCUT2D eigenvalue weighted by Gasteiger charge is -2.38. The van der Waals surface area contributed by atoms with E-state index in [2.05, 4.69) is 0 Å². The fourth-order valence-corrected chi connectivity index (χ4v) is 2.98. The fraction of sp³-hybridized carbons (Fsp3) is 0.538. The van der Waals surface area contributed by atoms with Gasteiger partial charge in [-0.05, 0) is 31.3 Å². The van der Waals surface area contributed by atoms with E-state index in [0.29, 0.717) is 5.57 Å². The highest BCUT2D eigenvalue weighted by atomic mass is 16.4. The van der Waals surface area contributed by atoms with Gasteiger partial charge in [0, 0.05) is 11.0 Å². The highest BCUT2D eigenvalue weighted by Gasteiger charge is 2.54. The van der Waals surface area contributed by atoms with Crippen LogP contribution in [0, 0.1) is 17.3 Å². The van der Waals surface area contributed by atoms with E-state index in [-0.39, 0.29) is 11.5 Å². The van der Waals surface area contributed by atoms with E-state index >= 15 is 0 Å². The lowest BCUT2D eigenvalue weighted by molar-refractivity contribution is -0.144. The summed E-state index contributed by atoms with van der Waals surface area (Å²) < 4.78 is 0. The molecule has 0 aromatic heterocycles. The quantitative estimate of drug-likeness (QED) is 0.786. The molecule has 0 spiro atoms. The molecule has 0 aromatic carbocycles. The first-order valence-electron chi connectivity index (χ1n) is 5.74. The molecule has 0 aromatic rings. The highest BCUT2D eigenvalue weighted by Crippen LogP contribution is 2.56. The molecule has 4 heteroatoms. The van der Waals surface area contributed by atoms with Crippen LogP contribution in [-0.4, -0.2) is 22.2 Å². The number of hydrogen-bond donors (Lipinski definition) is 2. The molecule has 17 heavy (non-hydrogen) atoms. The predicted octanol–water partition coefficient (Wildman–Crippen LogP) is 2.07. The Morgan fingerprint density at radius 1 is 1.35 bits per heavy atom. The summed E-state index contributed by atoms with van der Waals surface area (Å²) >= 11 is 0. The number of carbonyl (C=O) groups is 2. The zero-order valence-electron chi connectivity index (χ0n) is 9.93. The van der Waals surface area contributed by atoms with E-state index in [1.165, 1.54) is 0 Å². The molecular weight excluding hydrogens is 220 g/mol. The van der Waals surface area contributed by atoms with Gasteiger partial charge in [-0.3, -0.25) is 4.79 Å². The Morgan fingerprint density at radius 2 is 1.94 bits per heavy atom. The van der Waals surface area contributed by atoms with E-state index in [4.69, 9.17) is 0 Å². The average Bonchev–Trinajstić information content (AvgIpc) is 2.98. The molecule has 92 valence electrons. The van der Waals surface area contributed by atoms with Crippen molar-refractivity contribution in [1.29, 1.82) is 0 Å². The zero-order chi connectivity index (χ0) is 12.8. The smallest absolute Gasteiger partial charge is 0.332 e. The van der Waals surface area contributed by atoms with Crippen LogP contribution in [0.4, 0.5) is 0 Å². The van der Waals surface area contributed by atoms with Crippen LogP contribution in [0.5, 0.6) is 0 Å². The zero-order valence-corrected chi connectivity index (χ0v) is 9.93. The number of rotatable bonds is 3. The summed E-state index contributed by atoms with van der Waals surface area (Å²) in [5.41, 5.74) is 0.176. The van der Waals surface area contributed by atoms with Crippen LogP contribution in [-0.2, 0) is 9.59 Å². The van der Waals surface area contributed by atoms with Gasteiger partial charge in [-0.25, -0.2) is 4.79 Å². The SMILES string of the molecule is CC1=C(C(=O)O)C(C)(C2CC2)C(C(=O)O)C=C1. The van der Waals surface area contributed by atoms with Crippen molar-refractivity contribution in [2.75, 3.05) is 0 Å². The van der Waals surface area contributed by atoms with Crippen LogP contribution in [0.1, 0.15) is 26.7 Å². The van der Waals surface area contributed by atoms with Crippen molar-refractivity contribution in [3.63, 3.8) is 0 Å². The van der Waals surface area contributed by atoms with Crippen LogP contribution < -0.4 is 0 Å². The molecule has 0 bridgehead atoms. The Bertz CT molecular complexity index is 442. The van der Waals surface area contributed by atoms with E-state index in [1.54, 1.807) is 26.0 Å². The molecule has 2 aliphatic carbocycles. The molecule has 1 saturated carbocycles. The molecule has 0 heterocycles.